The van der Waals surface area contributed by atoms with Crippen LogP contribution in [0, 0.1) is 0 Å². The molecule has 6 heteroatoms. The summed E-state index contributed by atoms with van der Waals surface area (Å²) in [4.78, 5) is 36.5. The summed E-state index contributed by atoms with van der Waals surface area (Å²) in [7, 11) is 4.06. The van der Waals surface area contributed by atoms with Gasteiger partial charge in [0.15, 0.2) is 5.92 Å². The van der Waals surface area contributed by atoms with E-state index < -0.39 is 17.9 Å². The van der Waals surface area contributed by atoms with Crippen molar-refractivity contribution in [1.82, 2.24) is 0 Å². The van der Waals surface area contributed by atoms with Crippen molar-refractivity contribution in [3.63, 3.8) is 0 Å². The molecule has 1 heterocycles. The van der Waals surface area contributed by atoms with E-state index in [2.05, 4.69) is 9.47 Å². The third kappa shape index (κ3) is 1.95. The lowest BCUT2D eigenvalue weighted by molar-refractivity contribution is -0.145. The number of methoxy groups -OCH3 is 2. The van der Waals surface area contributed by atoms with Gasteiger partial charge in [-0.25, -0.2) is 4.79 Å². The number of anilines is 1. The van der Waals surface area contributed by atoms with Crippen LogP contribution in [-0.4, -0.2) is 39.1 Å². The van der Waals surface area contributed by atoms with E-state index in [1.54, 1.807) is 13.1 Å². The lowest BCUT2D eigenvalue weighted by Crippen LogP contribution is -2.28. The molecular formula is C13H13NO5. The highest BCUT2D eigenvalue weighted by Crippen LogP contribution is 2.37. The summed E-state index contributed by atoms with van der Waals surface area (Å²) < 4.78 is 9.25. The van der Waals surface area contributed by atoms with Crippen LogP contribution >= 0.6 is 0 Å². The highest BCUT2D eigenvalue weighted by atomic mass is 16.5. The fraction of sp³-hybridized carbons (Fsp3) is 0.308. The molecule has 1 aromatic rings. The average Bonchev–Trinajstić information content (AvgIpc) is 2.69. The molecule has 0 aromatic heterocycles. The number of benzene rings is 1. The minimum Gasteiger partial charge on any atom is -0.468 e. The molecule has 1 atom stereocenters. The van der Waals surface area contributed by atoms with Gasteiger partial charge in [0, 0.05) is 12.7 Å². The average molecular weight is 263 g/mol. The summed E-state index contributed by atoms with van der Waals surface area (Å²) in [6.07, 6.45) is 0. The van der Waals surface area contributed by atoms with Gasteiger partial charge in [-0.15, -0.1) is 0 Å². The summed E-state index contributed by atoms with van der Waals surface area (Å²) in [6.45, 7) is 0. The molecule has 100 valence electrons. The van der Waals surface area contributed by atoms with Gasteiger partial charge in [0.2, 0.25) is 5.91 Å². The number of ether oxygens (including phenoxy) is 2. The molecule has 0 bridgehead atoms. The zero-order valence-electron chi connectivity index (χ0n) is 10.8. The highest BCUT2D eigenvalue weighted by Gasteiger charge is 2.41. The first-order valence-electron chi connectivity index (χ1n) is 5.59. The minimum absolute atomic E-state index is 0.325. The number of fused-ring (bicyclic) bond motifs is 1. The Balaban J connectivity index is 2.50. The number of carbonyl (C=O) groups is 3. The molecule has 1 aromatic carbocycles. The molecule has 0 saturated heterocycles. The Labute approximate surface area is 109 Å². The van der Waals surface area contributed by atoms with Gasteiger partial charge >= 0.3 is 11.9 Å². The van der Waals surface area contributed by atoms with Crippen molar-refractivity contribution in [3.05, 3.63) is 29.3 Å². The molecule has 19 heavy (non-hydrogen) atoms. The third-order valence-corrected chi connectivity index (χ3v) is 3.14. The van der Waals surface area contributed by atoms with Gasteiger partial charge in [0.05, 0.1) is 19.8 Å². The number of likely N-dealkylation sites (N-methyl/N-ethyl adjacent to an activating group) is 1. The first-order chi connectivity index (χ1) is 9.01. The van der Waals surface area contributed by atoms with E-state index in [9.17, 15) is 14.4 Å². The van der Waals surface area contributed by atoms with Crippen LogP contribution in [0.15, 0.2) is 18.2 Å². The molecule has 6 nitrogen and oxygen atoms in total. The van der Waals surface area contributed by atoms with Gasteiger partial charge in [-0.2, -0.15) is 0 Å². The van der Waals surface area contributed by atoms with E-state index in [4.69, 9.17) is 0 Å². The number of amides is 1. The molecule has 0 aliphatic carbocycles. The Morgan fingerprint density at radius 3 is 2.47 bits per heavy atom. The molecule has 1 amide bonds. The zero-order valence-corrected chi connectivity index (χ0v) is 10.8. The van der Waals surface area contributed by atoms with Crippen LogP contribution in [-0.2, 0) is 19.1 Å². The van der Waals surface area contributed by atoms with E-state index in [-0.39, 0.29) is 5.91 Å². The topological polar surface area (TPSA) is 72.9 Å². The van der Waals surface area contributed by atoms with Crippen LogP contribution < -0.4 is 4.90 Å². The summed E-state index contributed by atoms with van der Waals surface area (Å²) in [5.74, 6) is -2.44. The van der Waals surface area contributed by atoms with Crippen molar-refractivity contribution in [2.45, 2.75) is 5.92 Å². The standard InChI is InChI=1S/C13H13NO5/c1-14-9-6-7(12(16)18-2)4-5-8(9)10(11(14)15)13(17)19-3/h4-6,10H,1-3H3. The molecule has 0 saturated carbocycles. The molecule has 1 aliphatic heterocycles. The number of rotatable bonds is 2. The maximum atomic E-state index is 12.0. The van der Waals surface area contributed by atoms with E-state index in [0.29, 0.717) is 16.8 Å². The van der Waals surface area contributed by atoms with Gasteiger partial charge in [0.25, 0.3) is 0 Å². The molecule has 1 aliphatic rings. The van der Waals surface area contributed by atoms with Crippen LogP contribution in [0.4, 0.5) is 5.69 Å². The lowest BCUT2D eigenvalue weighted by Gasteiger charge is -2.10. The largest absolute Gasteiger partial charge is 0.468 e. The number of hydrogen-bond acceptors (Lipinski definition) is 5. The van der Waals surface area contributed by atoms with E-state index in [1.165, 1.54) is 31.3 Å². The molecule has 0 N–H and O–H groups in total. The van der Waals surface area contributed by atoms with Crippen LogP contribution in [0.5, 0.6) is 0 Å². The molecule has 0 fully saturated rings. The third-order valence-electron chi connectivity index (χ3n) is 3.14. The number of nitrogens with zero attached hydrogens (tertiary/aromatic N) is 1. The van der Waals surface area contributed by atoms with Crippen molar-refractivity contribution >= 4 is 23.5 Å². The highest BCUT2D eigenvalue weighted by molar-refractivity contribution is 6.16. The summed E-state index contributed by atoms with van der Waals surface area (Å²) in [5, 5.41) is 0. The molecule has 1 unspecified atom stereocenters. The van der Waals surface area contributed by atoms with Crippen molar-refractivity contribution < 1.29 is 23.9 Å². The Kier molecular flexibility index (Phi) is 3.25. The van der Waals surface area contributed by atoms with E-state index in [0.717, 1.165) is 0 Å². The first-order valence-corrected chi connectivity index (χ1v) is 5.59. The Morgan fingerprint density at radius 1 is 1.21 bits per heavy atom. The van der Waals surface area contributed by atoms with Gasteiger partial charge < -0.3 is 14.4 Å². The summed E-state index contributed by atoms with van der Waals surface area (Å²) in [5.41, 5.74) is 1.38. The number of carbonyl (C=O) groups excluding carboxylic acids is 3. The second-order valence-corrected chi connectivity index (χ2v) is 4.12. The summed E-state index contributed by atoms with van der Waals surface area (Å²) in [6, 6.07) is 4.62. The fourth-order valence-corrected chi connectivity index (χ4v) is 2.11. The molecule has 2 rings (SSSR count). The number of hydrogen-bond donors (Lipinski definition) is 0. The predicted octanol–water partition coefficient (Wildman–Crippen LogP) is 0.706. The maximum absolute atomic E-state index is 12.0. The van der Waals surface area contributed by atoms with Crippen molar-refractivity contribution in [1.29, 1.82) is 0 Å². The second-order valence-electron chi connectivity index (χ2n) is 4.12. The normalized spacial score (nSPS) is 17.1. The van der Waals surface area contributed by atoms with Crippen molar-refractivity contribution in [3.8, 4) is 0 Å². The van der Waals surface area contributed by atoms with Crippen LogP contribution in [0.3, 0.4) is 0 Å². The Bertz CT molecular complexity index is 566. The van der Waals surface area contributed by atoms with Gasteiger partial charge in [-0.3, -0.25) is 9.59 Å². The molecule has 0 radical (unpaired) electrons. The van der Waals surface area contributed by atoms with Crippen LogP contribution in [0.25, 0.3) is 0 Å². The SMILES string of the molecule is COC(=O)c1ccc2c(c1)N(C)C(=O)C2C(=O)OC. The fourth-order valence-electron chi connectivity index (χ4n) is 2.11. The van der Waals surface area contributed by atoms with Crippen molar-refractivity contribution in [2.24, 2.45) is 0 Å². The smallest absolute Gasteiger partial charge is 0.337 e. The van der Waals surface area contributed by atoms with Crippen molar-refractivity contribution in [2.75, 3.05) is 26.2 Å². The number of esters is 2. The van der Waals surface area contributed by atoms with Crippen LogP contribution in [0.2, 0.25) is 0 Å². The van der Waals surface area contributed by atoms with Gasteiger partial charge in [-0.05, 0) is 17.7 Å². The van der Waals surface area contributed by atoms with E-state index >= 15 is 0 Å². The quantitative estimate of drug-likeness (QED) is 0.580. The monoisotopic (exact) mass is 263 g/mol. The van der Waals surface area contributed by atoms with Gasteiger partial charge in [-0.1, -0.05) is 6.07 Å². The predicted molar refractivity (Wildman–Crippen MR) is 65.9 cm³/mol. The molecule has 0 spiro atoms. The maximum Gasteiger partial charge on any atom is 0.337 e. The summed E-state index contributed by atoms with van der Waals surface area (Å²) >= 11 is 0. The Morgan fingerprint density at radius 2 is 1.89 bits per heavy atom. The second kappa shape index (κ2) is 4.72. The lowest BCUT2D eigenvalue weighted by atomic mass is 9.99. The van der Waals surface area contributed by atoms with E-state index in [1.807, 2.05) is 0 Å². The first kappa shape index (κ1) is 13.1. The Hall–Kier alpha value is -2.37. The van der Waals surface area contributed by atoms with Crippen LogP contribution in [0.1, 0.15) is 21.8 Å². The molecular weight excluding hydrogens is 250 g/mol. The van der Waals surface area contributed by atoms with Gasteiger partial charge in [0.1, 0.15) is 0 Å². The zero-order chi connectivity index (χ0) is 14.2. The minimum atomic E-state index is -0.961.